The van der Waals surface area contributed by atoms with E-state index in [-0.39, 0.29) is 25.2 Å². The van der Waals surface area contributed by atoms with Crippen molar-refractivity contribution in [2.24, 2.45) is 5.73 Å². The van der Waals surface area contributed by atoms with E-state index >= 15 is 0 Å². The van der Waals surface area contributed by atoms with Gasteiger partial charge in [-0.3, -0.25) is 4.79 Å². The number of rotatable bonds is 4. The zero-order chi connectivity index (χ0) is 21.6. The van der Waals surface area contributed by atoms with Crippen LogP contribution in [-0.2, 0) is 9.59 Å². The summed E-state index contributed by atoms with van der Waals surface area (Å²) < 4.78 is 14.2. The van der Waals surface area contributed by atoms with Crippen molar-refractivity contribution in [3.8, 4) is 0 Å². The Labute approximate surface area is 179 Å². The van der Waals surface area contributed by atoms with Crippen molar-refractivity contribution in [2.45, 2.75) is 33.2 Å². The molecular formula is C21H21FN4O3S. The van der Waals surface area contributed by atoms with Crippen LogP contribution < -0.4 is 16.0 Å². The highest BCUT2D eigenvalue weighted by Gasteiger charge is 2.32. The number of thiocarbonyl (C=S) groups is 1. The Kier molecular flexibility index (Phi) is 8.81. The van der Waals surface area contributed by atoms with Gasteiger partial charge in [-0.1, -0.05) is 13.5 Å². The van der Waals surface area contributed by atoms with E-state index in [4.69, 9.17) is 34.1 Å². The maximum atomic E-state index is 14.2. The van der Waals surface area contributed by atoms with Gasteiger partial charge in [0.2, 0.25) is 0 Å². The third-order valence-electron chi connectivity index (χ3n) is 4.20. The molecule has 0 unspecified atom stereocenters. The summed E-state index contributed by atoms with van der Waals surface area (Å²) >= 11 is 5.53. The summed E-state index contributed by atoms with van der Waals surface area (Å²) in [5.74, 6) is -1.47. The number of nitrogens with one attached hydrogen (secondary N) is 1. The molecule has 0 bridgehead atoms. The van der Waals surface area contributed by atoms with Gasteiger partial charge in [0.05, 0.1) is 12.1 Å². The van der Waals surface area contributed by atoms with E-state index in [0.29, 0.717) is 16.5 Å². The lowest BCUT2D eigenvalue weighted by atomic mass is 10.1. The monoisotopic (exact) mass is 428 g/mol. The van der Waals surface area contributed by atoms with Gasteiger partial charge in [0.25, 0.3) is 5.91 Å². The molecule has 0 atom stereocenters. The number of aryl methyl sites for hydroxylation is 1. The number of primary amides is 1. The van der Waals surface area contributed by atoms with Gasteiger partial charge in [0, 0.05) is 17.4 Å². The molecule has 2 aromatic rings. The predicted octanol–water partition coefficient (Wildman–Crippen LogP) is 4.20. The Morgan fingerprint density at radius 1 is 1.30 bits per heavy atom. The number of hydrogen-bond donors (Lipinski definition) is 2. The third-order valence-corrected chi connectivity index (χ3v) is 4.49. The average molecular weight is 428 g/mol. The third kappa shape index (κ3) is 5.95. The van der Waals surface area contributed by atoms with Gasteiger partial charge < -0.3 is 16.0 Å². The fourth-order valence-corrected chi connectivity index (χ4v) is 3.10. The van der Waals surface area contributed by atoms with Crippen molar-refractivity contribution in [1.82, 2.24) is 0 Å². The molecule has 3 rings (SSSR count). The molecule has 9 heteroatoms. The van der Waals surface area contributed by atoms with Crippen molar-refractivity contribution in [1.29, 1.82) is 0 Å². The van der Waals surface area contributed by atoms with Gasteiger partial charge in [0.15, 0.2) is 10.8 Å². The molecule has 1 aliphatic carbocycles. The second-order valence-electron chi connectivity index (χ2n) is 6.26. The van der Waals surface area contributed by atoms with Crippen LogP contribution in [0.2, 0.25) is 0 Å². The van der Waals surface area contributed by atoms with Gasteiger partial charge in [-0.2, -0.15) is 9.59 Å². The Morgan fingerprint density at radius 2 is 1.93 bits per heavy atom. The first-order valence-corrected chi connectivity index (χ1v) is 8.90. The molecule has 1 fully saturated rings. The van der Waals surface area contributed by atoms with Crippen molar-refractivity contribution >= 4 is 46.5 Å². The molecule has 7 nitrogen and oxygen atoms in total. The zero-order valence-corrected chi connectivity index (χ0v) is 16.3. The number of hydrogen-bond acceptors (Lipinski definition) is 4. The molecule has 0 radical (unpaired) electrons. The minimum Gasteiger partial charge on any atom is -0.366 e. The highest BCUT2D eigenvalue weighted by atomic mass is 32.1. The van der Waals surface area contributed by atoms with Crippen LogP contribution >= 0.6 is 12.2 Å². The Balaban J connectivity index is 0.00000106. The summed E-state index contributed by atoms with van der Waals surface area (Å²) in [6.07, 6.45) is 2.16. The van der Waals surface area contributed by atoms with E-state index in [2.05, 4.69) is 10.2 Å². The molecule has 0 heterocycles. The maximum absolute atomic E-state index is 14.2. The topological polar surface area (TPSA) is 96.9 Å². The summed E-state index contributed by atoms with van der Waals surface area (Å²) in [4.78, 5) is 32.8. The molecule has 0 spiro atoms. The summed E-state index contributed by atoms with van der Waals surface area (Å²) in [6.45, 7) is 8.97. The minimum absolute atomic E-state index is 0. The number of amides is 1. The smallest absolute Gasteiger partial charge is 0.366 e. The molecule has 0 aliphatic heterocycles. The largest absolute Gasteiger partial charge is 0.373 e. The zero-order valence-electron chi connectivity index (χ0n) is 15.4. The summed E-state index contributed by atoms with van der Waals surface area (Å²) in [5, 5.41) is 3.59. The van der Waals surface area contributed by atoms with E-state index in [1.165, 1.54) is 12.1 Å². The van der Waals surface area contributed by atoms with Crippen LogP contribution in [0.3, 0.4) is 0 Å². The maximum Gasteiger partial charge on any atom is 0.373 e. The molecule has 1 aliphatic rings. The Morgan fingerprint density at radius 3 is 2.40 bits per heavy atom. The van der Waals surface area contributed by atoms with Crippen LogP contribution in [0, 0.1) is 19.3 Å². The first-order valence-electron chi connectivity index (χ1n) is 8.49. The first-order chi connectivity index (χ1) is 13.8. The van der Waals surface area contributed by atoms with Gasteiger partial charge >= 0.3 is 6.15 Å². The number of anilines is 2. The molecule has 0 aromatic heterocycles. The second-order valence-corrected chi connectivity index (χ2v) is 6.64. The van der Waals surface area contributed by atoms with E-state index < -0.39 is 11.7 Å². The molecule has 3 N–H and O–H groups in total. The summed E-state index contributed by atoms with van der Waals surface area (Å²) in [7, 11) is 0. The number of benzene rings is 2. The summed E-state index contributed by atoms with van der Waals surface area (Å²) in [6, 6.07) is 9.85. The van der Waals surface area contributed by atoms with Crippen LogP contribution in [0.1, 0.15) is 36.2 Å². The van der Waals surface area contributed by atoms with E-state index in [0.717, 1.165) is 24.1 Å². The van der Waals surface area contributed by atoms with E-state index in [1.807, 2.05) is 17.9 Å². The lowest BCUT2D eigenvalue weighted by molar-refractivity contribution is -0.191. The van der Waals surface area contributed by atoms with Crippen molar-refractivity contribution in [3.05, 3.63) is 64.8 Å². The quantitative estimate of drug-likeness (QED) is 0.560. The molecule has 0 saturated heterocycles. The number of nitrogens with zero attached hydrogens (tertiary/aromatic N) is 2. The lowest BCUT2D eigenvalue weighted by Gasteiger charge is -2.26. The lowest BCUT2D eigenvalue weighted by Crippen LogP contribution is -2.36. The van der Waals surface area contributed by atoms with Gasteiger partial charge in [-0.25, -0.2) is 9.24 Å². The Hall–Kier alpha value is -3.60. The van der Waals surface area contributed by atoms with Crippen LogP contribution in [-0.4, -0.2) is 23.2 Å². The molecule has 1 saturated carbocycles. The minimum atomic E-state index is -0.803. The molecule has 156 valence electrons. The van der Waals surface area contributed by atoms with Crippen molar-refractivity contribution < 1.29 is 18.8 Å². The first kappa shape index (κ1) is 24.4. The number of nitrogens with two attached hydrogens (primary N) is 1. The Bertz CT molecular complexity index is 1030. The van der Waals surface area contributed by atoms with E-state index in [9.17, 15) is 9.18 Å². The number of carbonyl (C=O) groups is 1. The standard InChI is InChI=1S/C19H17FN4OS.CO2.CH4/c1-11-9-12(3-8-17(11)22-2)23-19(26)24(13-4-5-13)14-6-7-15(18(21)25)16(20)10-14;2-1-3;/h3,6-10,13H,4-5H2,1H3,(H2,21,25)(H,23,26);;1H4. The molecule has 30 heavy (non-hydrogen) atoms. The molecule has 2 aromatic carbocycles. The van der Waals surface area contributed by atoms with Gasteiger partial charge in [-0.15, -0.1) is 0 Å². The van der Waals surface area contributed by atoms with Crippen LogP contribution in [0.5, 0.6) is 0 Å². The number of carbonyl (C=O) groups excluding carboxylic acids is 3. The second kappa shape index (κ2) is 10.8. The van der Waals surface area contributed by atoms with Crippen molar-refractivity contribution in [3.63, 3.8) is 0 Å². The molecular weight excluding hydrogens is 407 g/mol. The summed E-state index contributed by atoms with van der Waals surface area (Å²) in [5.41, 5.74) is 7.79. The van der Waals surface area contributed by atoms with Crippen LogP contribution in [0.15, 0.2) is 36.4 Å². The van der Waals surface area contributed by atoms with E-state index in [1.54, 1.807) is 18.2 Å². The fraction of sp³-hybridized carbons (Fsp3) is 0.238. The van der Waals surface area contributed by atoms with Gasteiger partial charge in [0.1, 0.15) is 5.82 Å². The van der Waals surface area contributed by atoms with Crippen LogP contribution in [0.4, 0.5) is 21.5 Å². The van der Waals surface area contributed by atoms with Gasteiger partial charge in [-0.05, 0) is 67.9 Å². The number of halogens is 1. The average Bonchev–Trinajstić information content (AvgIpc) is 3.47. The SMILES string of the molecule is C.O=C=O.[C-]#[N+]c1ccc(NC(=S)N(c2ccc(C(N)=O)c(F)c2)C2CC2)cc1C. The van der Waals surface area contributed by atoms with Crippen molar-refractivity contribution in [2.75, 3.05) is 10.2 Å². The highest BCUT2D eigenvalue weighted by Crippen LogP contribution is 2.33. The highest BCUT2D eigenvalue weighted by molar-refractivity contribution is 7.80. The molecule has 1 amide bonds. The predicted molar refractivity (Wildman–Crippen MR) is 116 cm³/mol. The fourth-order valence-electron chi connectivity index (χ4n) is 2.72. The normalized spacial score (nSPS) is 11.5. The van der Waals surface area contributed by atoms with Crippen LogP contribution in [0.25, 0.3) is 4.85 Å².